The molecule has 1 aromatic rings. The van der Waals surface area contributed by atoms with Crippen LogP contribution < -0.4 is 0 Å². The summed E-state index contributed by atoms with van der Waals surface area (Å²) in [5.74, 6) is 0.102. The van der Waals surface area contributed by atoms with Crippen molar-refractivity contribution in [1.82, 2.24) is 15.2 Å². The van der Waals surface area contributed by atoms with Crippen molar-refractivity contribution in [2.45, 2.75) is 76.3 Å². The molecule has 22 heavy (non-hydrogen) atoms. The zero-order chi connectivity index (χ0) is 15.9. The number of nitrogens with zero attached hydrogens (tertiary/aromatic N) is 2. The average Bonchev–Trinajstić information content (AvgIpc) is 3.04. The number of H-pyrrole nitrogens is 1. The molecule has 0 amide bonds. The van der Waals surface area contributed by atoms with Crippen molar-refractivity contribution in [2.75, 3.05) is 12.4 Å². The quantitative estimate of drug-likeness (QED) is 0.312. The van der Waals surface area contributed by atoms with Gasteiger partial charge in [0.15, 0.2) is 5.16 Å². The van der Waals surface area contributed by atoms with E-state index in [1.807, 2.05) is 0 Å². The van der Waals surface area contributed by atoms with Gasteiger partial charge in [-0.15, -0.1) is 0 Å². The lowest BCUT2D eigenvalue weighted by Crippen LogP contribution is -2.08. The van der Waals surface area contributed by atoms with Crippen molar-refractivity contribution >= 4 is 17.7 Å². The van der Waals surface area contributed by atoms with Gasteiger partial charge in [0.05, 0.1) is 12.4 Å². The number of ether oxygens (including phenoxy) is 1. The fourth-order valence-corrected chi connectivity index (χ4v) is 2.79. The first kappa shape index (κ1) is 19.0. The number of carbonyl (C=O) groups is 1. The lowest BCUT2D eigenvalue weighted by atomic mass is 10.1. The third kappa shape index (κ3) is 10.7. The van der Waals surface area contributed by atoms with E-state index in [0.717, 1.165) is 12.8 Å². The van der Waals surface area contributed by atoms with Crippen LogP contribution >= 0.6 is 11.8 Å². The van der Waals surface area contributed by atoms with Gasteiger partial charge < -0.3 is 4.74 Å². The molecule has 0 aromatic carbocycles. The number of unbranched alkanes of at least 4 members (excludes halogenated alkanes) is 9. The summed E-state index contributed by atoms with van der Waals surface area (Å²) in [5.41, 5.74) is 0. The highest BCUT2D eigenvalue weighted by Crippen LogP contribution is 2.12. The van der Waals surface area contributed by atoms with Crippen molar-refractivity contribution in [1.29, 1.82) is 0 Å². The van der Waals surface area contributed by atoms with Crippen LogP contribution in [0.3, 0.4) is 0 Å². The van der Waals surface area contributed by atoms with E-state index in [-0.39, 0.29) is 11.7 Å². The number of carbonyl (C=O) groups excluding carboxylic acids is 1. The maximum Gasteiger partial charge on any atom is 0.316 e. The number of thioether (sulfide) groups is 1. The minimum atomic E-state index is -0.183. The highest BCUT2D eigenvalue weighted by molar-refractivity contribution is 7.99. The molecule has 0 radical (unpaired) electrons. The molecule has 0 bridgehead atoms. The monoisotopic (exact) mass is 327 g/mol. The molecule has 126 valence electrons. The average molecular weight is 327 g/mol. The first-order valence-electron chi connectivity index (χ1n) is 8.46. The molecule has 1 heterocycles. The van der Waals surface area contributed by atoms with E-state index in [1.165, 1.54) is 69.5 Å². The lowest BCUT2D eigenvalue weighted by Gasteiger charge is -2.04. The molecule has 0 unspecified atom stereocenters. The molecule has 0 saturated carbocycles. The van der Waals surface area contributed by atoms with E-state index in [1.54, 1.807) is 0 Å². The van der Waals surface area contributed by atoms with Crippen LogP contribution in [0.4, 0.5) is 0 Å². The molecule has 0 saturated heterocycles. The van der Waals surface area contributed by atoms with Crippen LogP contribution in [0.15, 0.2) is 11.5 Å². The number of hydrogen-bond donors (Lipinski definition) is 1. The van der Waals surface area contributed by atoms with Gasteiger partial charge in [0.2, 0.25) is 0 Å². The predicted octanol–water partition coefficient (Wildman–Crippen LogP) is 4.36. The lowest BCUT2D eigenvalue weighted by molar-refractivity contribution is -0.140. The Kier molecular flexibility index (Phi) is 11.8. The number of esters is 1. The van der Waals surface area contributed by atoms with Gasteiger partial charge in [0, 0.05) is 0 Å². The summed E-state index contributed by atoms with van der Waals surface area (Å²) >= 11 is 1.31. The van der Waals surface area contributed by atoms with Crippen LogP contribution in [-0.4, -0.2) is 33.5 Å². The topological polar surface area (TPSA) is 67.9 Å². The van der Waals surface area contributed by atoms with E-state index in [9.17, 15) is 4.79 Å². The Labute approximate surface area is 138 Å². The van der Waals surface area contributed by atoms with Crippen molar-refractivity contribution in [3.8, 4) is 0 Å². The number of hydrogen-bond acceptors (Lipinski definition) is 5. The Bertz CT molecular complexity index is 371. The zero-order valence-corrected chi connectivity index (χ0v) is 14.5. The summed E-state index contributed by atoms with van der Waals surface area (Å²) in [6, 6.07) is 0. The number of nitrogens with one attached hydrogen (secondary N) is 1. The second-order valence-corrected chi connectivity index (χ2v) is 6.45. The van der Waals surface area contributed by atoms with Crippen molar-refractivity contribution < 1.29 is 9.53 Å². The predicted molar refractivity (Wildman–Crippen MR) is 89.9 cm³/mol. The molecule has 1 rings (SSSR count). The third-order valence-electron chi connectivity index (χ3n) is 3.48. The molecule has 0 aliphatic carbocycles. The molecule has 1 N–H and O–H groups in total. The van der Waals surface area contributed by atoms with E-state index >= 15 is 0 Å². The minimum Gasteiger partial charge on any atom is -0.465 e. The molecule has 5 nitrogen and oxygen atoms in total. The van der Waals surface area contributed by atoms with Gasteiger partial charge in [-0.1, -0.05) is 76.5 Å². The first-order chi connectivity index (χ1) is 10.8. The zero-order valence-electron chi connectivity index (χ0n) is 13.7. The van der Waals surface area contributed by atoms with E-state index < -0.39 is 0 Å². The number of rotatable bonds is 14. The van der Waals surface area contributed by atoms with Crippen LogP contribution in [0.2, 0.25) is 0 Å². The third-order valence-corrected chi connectivity index (χ3v) is 4.33. The van der Waals surface area contributed by atoms with E-state index in [2.05, 4.69) is 22.1 Å². The van der Waals surface area contributed by atoms with Gasteiger partial charge in [0.1, 0.15) is 6.33 Å². The Morgan fingerprint density at radius 2 is 1.73 bits per heavy atom. The molecular weight excluding hydrogens is 298 g/mol. The summed E-state index contributed by atoms with van der Waals surface area (Å²) < 4.78 is 5.19. The molecule has 0 spiro atoms. The maximum atomic E-state index is 11.5. The van der Waals surface area contributed by atoms with Gasteiger partial charge >= 0.3 is 5.97 Å². The van der Waals surface area contributed by atoms with Gasteiger partial charge in [-0.05, 0) is 6.42 Å². The fraction of sp³-hybridized carbons (Fsp3) is 0.812. The van der Waals surface area contributed by atoms with E-state index in [0.29, 0.717) is 11.8 Å². The molecule has 0 aliphatic rings. The summed E-state index contributed by atoms with van der Waals surface area (Å²) in [6.07, 6.45) is 14.3. The summed E-state index contributed by atoms with van der Waals surface area (Å²) in [5, 5.41) is 7.07. The maximum absolute atomic E-state index is 11.5. The largest absolute Gasteiger partial charge is 0.465 e. The Morgan fingerprint density at radius 3 is 2.32 bits per heavy atom. The second-order valence-electron chi connectivity index (χ2n) is 5.48. The minimum absolute atomic E-state index is 0.183. The highest BCUT2D eigenvalue weighted by atomic mass is 32.2. The molecule has 6 heteroatoms. The standard InChI is InChI=1S/C16H29N3O2S/c1-2-3-4-5-6-7-8-9-10-11-12-21-15(20)13-22-16-17-14-18-19-16/h14H,2-13H2,1H3,(H,17,18,19). The van der Waals surface area contributed by atoms with Gasteiger partial charge in [-0.2, -0.15) is 5.10 Å². The molecule has 0 fully saturated rings. The number of aromatic amines is 1. The van der Waals surface area contributed by atoms with Crippen LogP contribution in [0, 0.1) is 0 Å². The fourth-order valence-electron chi connectivity index (χ4n) is 2.21. The molecule has 0 atom stereocenters. The van der Waals surface area contributed by atoms with Crippen molar-refractivity contribution in [3.63, 3.8) is 0 Å². The highest BCUT2D eigenvalue weighted by Gasteiger charge is 2.05. The number of aromatic nitrogens is 3. The normalized spacial score (nSPS) is 10.8. The Hall–Kier alpha value is -1.04. The summed E-state index contributed by atoms with van der Waals surface area (Å²) in [4.78, 5) is 15.4. The smallest absolute Gasteiger partial charge is 0.316 e. The summed E-state index contributed by atoms with van der Waals surface area (Å²) in [6.45, 7) is 2.78. The molecule has 0 aliphatic heterocycles. The van der Waals surface area contributed by atoms with E-state index in [4.69, 9.17) is 4.74 Å². The van der Waals surface area contributed by atoms with Crippen molar-refractivity contribution in [2.24, 2.45) is 0 Å². The Morgan fingerprint density at radius 1 is 1.09 bits per heavy atom. The SMILES string of the molecule is CCCCCCCCCCCCOC(=O)CSc1ncn[nH]1. The summed E-state index contributed by atoms with van der Waals surface area (Å²) in [7, 11) is 0. The second kappa shape index (κ2) is 13.6. The van der Waals surface area contributed by atoms with Crippen LogP contribution in [0.5, 0.6) is 0 Å². The van der Waals surface area contributed by atoms with Crippen LogP contribution in [-0.2, 0) is 9.53 Å². The van der Waals surface area contributed by atoms with Crippen LogP contribution in [0.1, 0.15) is 71.1 Å². The Balaban J connectivity index is 1.80. The first-order valence-corrected chi connectivity index (χ1v) is 9.45. The van der Waals surface area contributed by atoms with Gasteiger partial charge in [-0.25, -0.2) is 4.98 Å². The van der Waals surface area contributed by atoms with Gasteiger partial charge in [0.25, 0.3) is 0 Å². The van der Waals surface area contributed by atoms with Gasteiger partial charge in [-0.3, -0.25) is 9.89 Å². The van der Waals surface area contributed by atoms with Crippen LogP contribution in [0.25, 0.3) is 0 Å². The molecule has 1 aromatic heterocycles. The van der Waals surface area contributed by atoms with Crippen molar-refractivity contribution in [3.05, 3.63) is 6.33 Å². The molecular formula is C16H29N3O2S.